The molecule has 1 aliphatic carbocycles. The third-order valence-electron chi connectivity index (χ3n) is 5.00. The molecule has 0 atom stereocenters. The van der Waals surface area contributed by atoms with E-state index in [1.165, 1.54) is 5.56 Å². The number of nitrogens with one attached hydrogen (secondary N) is 1. The largest absolute Gasteiger partial charge is 0.336 e. The van der Waals surface area contributed by atoms with E-state index in [1.807, 2.05) is 35.2 Å². The van der Waals surface area contributed by atoms with Gasteiger partial charge in [0.25, 0.3) is 5.91 Å². The fourth-order valence-corrected chi connectivity index (χ4v) is 4.15. The van der Waals surface area contributed by atoms with Gasteiger partial charge in [0, 0.05) is 35.7 Å². The van der Waals surface area contributed by atoms with Crippen LogP contribution in [0.4, 0.5) is 0 Å². The number of halogens is 2. The molecular formula is C22H20BrClN2O. The summed E-state index contributed by atoms with van der Waals surface area (Å²) in [7, 11) is 0. The molecular weight excluding hydrogens is 424 g/mol. The summed E-state index contributed by atoms with van der Waals surface area (Å²) < 4.78 is 1.04. The van der Waals surface area contributed by atoms with Gasteiger partial charge in [-0.05, 0) is 52.9 Å². The molecule has 0 radical (unpaired) electrons. The first-order valence-corrected chi connectivity index (χ1v) is 10.2. The minimum atomic E-state index is 0.133. The number of piperazine rings is 1. The molecule has 1 aliphatic heterocycles. The van der Waals surface area contributed by atoms with Crippen LogP contribution in [0.2, 0.25) is 5.02 Å². The Balaban J connectivity index is 1.70. The number of carbonyl (C=O) groups excluding carboxylic acids is 1. The molecule has 1 fully saturated rings. The van der Waals surface area contributed by atoms with Crippen molar-refractivity contribution in [3.63, 3.8) is 0 Å². The summed E-state index contributed by atoms with van der Waals surface area (Å²) in [5.41, 5.74) is 5.22. The number of benzene rings is 2. The van der Waals surface area contributed by atoms with Crippen LogP contribution in [-0.2, 0) is 11.2 Å². The number of nitrogens with zero attached hydrogens (tertiary/aromatic N) is 1. The Morgan fingerprint density at radius 2 is 1.81 bits per heavy atom. The zero-order chi connectivity index (χ0) is 18.8. The molecule has 1 heterocycles. The van der Waals surface area contributed by atoms with Gasteiger partial charge in [-0.2, -0.15) is 0 Å². The molecule has 5 heteroatoms. The Hall–Kier alpha value is -1.88. The number of fused-ring (bicyclic) bond motifs is 1. The Kier molecular flexibility index (Phi) is 5.48. The summed E-state index contributed by atoms with van der Waals surface area (Å²) in [4.78, 5) is 15.2. The molecule has 0 unspecified atom stereocenters. The quantitative estimate of drug-likeness (QED) is 0.754. The summed E-state index contributed by atoms with van der Waals surface area (Å²) >= 11 is 9.52. The van der Waals surface area contributed by atoms with Gasteiger partial charge >= 0.3 is 0 Å². The average Bonchev–Trinajstić information content (AvgIpc) is 3.05. The molecule has 1 N–H and O–H groups in total. The summed E-state index contributed by atoms with van der Waals surface area (Å²) in [5, 5.41) is 4.03. The van der Waals surface area contributed by atoms with Crippen LogP contribution < -0.4 is 5.32 Å². The van der Waals surface area contributed by atoms with Crippen molar-refractivity contribution in [3.8, 4) is 0 Å². The van der Waals surface area contributed by atoms with Crippen molar-refractivity contribution in [2.75, 3.05) is 26.2 Å². The van der Waals surface area contributed by atoms with E-state index < -0.39 is 0 Å². The number of hydrogen-bond donors (Lipinski definition) is 1. The summed E-state index contributed by atoms with van der Waals surface area (Å²) in [5.74, 6) is 0.133. The van der Waals surface area contributed by atoms with Crippen LogP contribution >= 0.6 is 27.5 Å². The first-order valence-electron chi connectivity index (χ1n) is 9.07. The maximum Gasteiger partial charge on any atom is 0.254 e. The van der Waals surface area contributed by atoms with E-state index in [2.05, 4.69) is 45.5 Å². The number of rotatable bonds is 3. The highest BCUT2D eigenvalue weighted by molar-refractivity contribution is 9.10. The van der Waals surface area contributed by atoms with E-state index in [0.717, 1.165) is 64.4 Å². The number of amides is 1. The van der Waals surface area contributed by atoms with Gasteiger partial charge in [-0.3, -0.25) is 4.79 Å². The molecule has 0 saturated carbocycles. The molecule has 0 bridgehead atoms. The van der Waals surface area contributed by atoms with Crippen molar-refractivity contribution < 1.29 is 4.79 Å². The van der Waals surface area contributed by atoms with Crippen LogP contribution in [-0.4, -0.2) is 37.0 Å². The molecule has 2 aromatic rings. The van der Waals surface area contributed by atoms with Crippen LogP contribution in [0.3, 0.4) is 0 Å². The second-order valence-electron chi connectivity index (χ2n) is 6.81. The number of hydrogen-bond acceptors (Lipinski definition) is 2. The lowest BCUT2D eigenvalue weighted by molar-refractivity contribution is -0.125. The van der Waals surface area contributed by atoms with E-state index in [1.54, 1.807) is 0 Å². The van der Waals surface area contributed by atoms with Crippen molar-refractivity contribution in [3.05, 3.63) is 80.3 Å². The van der Waals surface area contributed by atoms with Gasteiger partial charge in [-0.25, -0.2) is 0 Å². The SMILES string of the molecule is O=C(C1=C(/C=C/c2ccc(Cl)cc2)Cc2cc(Br)ccc21)N1CCNCC1. The molecule has 0 aromatic heterocycles. The zero-order valence-corrected chi connectivity index (χ0v) is 17.2. The predicted molar refractivity (Wildman–Crippen MR) is 115 cm³/mol. The highest BCUT2D eigenvalue weighted by atomic mass is 79.9. The second kappa shape index (κ2) is 8.01. The minimum Gasteiger partial charge on any atom is -0.336 e. The highest BCUT2D eigenvalue weighted by Crippen LogP contribution is 2.36. The molecule has 1 amide bonds. The van der Waals surface area contributed by atoms with E-state index in [0.29, 0.717) is 0 Å². The third-order valence-corrected chi connectivity index (χ3v) is 5.75. The fourth-order valence-electron chi connectivity index (χ4n) is 3.61. The van der Waals surface area contributed by atoms with Crippen molar-refractivity contribution in [1.82, 2.24) is 10.2 Å². The lowest BCUT2D eigenvalue weighted by Crippen LogP contribution is -2.46. The zero-order valence-electron chi connectivity index (χ0n) is 14.8. The molecule has 1 saturated heterocycles. The van der Waals surface area contributed by atoms with Crippen molar-refractivity contribution >= 4 is 45.1 Å². The van der Waals surface area contributed by atoms with Gasteiger partial charge in [0.1, 0.15) is 0 Å². The molecule has 3 nitrogen and oxygen atoms in total. The van der Waals surface area contributed by atoms with Gasteiger partial charge in [0.15, 0.2) is 0 Å². The molecule has 2 aliphatic rings. The van der Waals surface area contributed by atoms with Gasteiger partial charge in [-0.15, -0.1) is 0 Å². The first-order chi connectivity index (χ1) is 13.1. The van der Waals surface area contributed by atoms with Crippen molar-refractivity contribution in [2.24, 2.45) is 0 Å². The van der Waals surface area contributed by atoms with Crippen LogP contribution in [0, 0.1) is 0 Å². The van der Waals surface area contributed by atoms with Crippen LogP contribution in [0.25, 0.3) is 11.6 Å². The maximum atomic E-state index is 13.3. The lowest BCUT2D eigenvalue weighted by atomic mass is 10.0. The lowest BCUT2D eigenvalue weighted by Gasteiger charge is -2.28. The standard InChI is InChI=1S/C22H20BrClN2O/c23-18-5-8-20-17(14-18)13-16(4-1-15-2-6-19(24)7-3-15)21(20)22(27)26-11-9-25-10-12-26/h1-8,14,25H,9-13H2/b4-1+. The first kappa shape index (κ1) is 18.5. The maximum absolute atomic E-state index is 13.3. The van der Waals surface area contributed by atoms with Gasteiger partial charge in [-0.1, -0.05) is 57.9 Å². The van der Waals surface area contributed by atoms with E-state index in [4.69, 9.17) is 11.6 Å². The monoisotopic (exact) mass is 442 g/mol. The van der Waals surface area contributed by atoms with E-state index in [9.17, 15) is 4.79 Å². The average molecular weight is 444 g/mol. The van der Waals surface area contributed by atoms with Crippen molar-refractivity contribution in [1.29, 1.82) is 0 Å². The van der Waals surface area contributed by atoms with Gasteiger partial charge in [0.2, 0.25) is 0 Å². The summed E-state index contributed by atoms with van der Waals surface area (Å²) in [6.45, 7) is 3.20. The predicted octanol–water partition coefficient (Wildman–Crippen LogP) is 4.56. The molecule has 2 aromatic carbocycles. The topological polar surface area (TPSA) is 32.3 Å². The summed E-state index contributed by atoms with van der Waals surface area (Å²) in [6, 6.07) is 13.9. The van der Waals surface area contributed by atoms with Gasteiger partial charge < -0.3 is 10.2 Å². The molecule has 138 valence electrons. The van der Waals surface area contributed by atoms with Gasteiger partial charge in [0.05, 0.1) is 5.57 Å². The Morgan fingerprint density at radius 3 is 2.56 bits per heavy atom. The summed E-state index contributed by atoms with van der Waals surface area (Å²) in [6.07, 6.45) is 4.90. The van der Waals surface area contributed by atoms with E-state index in [-0.39, 0.29) is 5.91 Å². The number of allylic oxidation sites excluding steroid dienone is 2. The Bertz CT molecular complexity index is 928. The second-order valence-corrected chi connectivity index (χ2v) is 8.16. The minimum absolute atomic E-state index is 0.133. The Labute approximate surface area is 172 Å². The van der Waals surface area contributed by atoms with E-state index >= 15 is 0 Å². The van der Waals surface area contributed by atoms with Crippen molar-refractivity contribution in [2.45, 2.75) is 6.42 Å². The van der Waals surface area contributed by atoms with Crippen LogP contribution in [0.5, 0.6) is 0 Å². The van der Waals surface area contributed by atoms with Crippen LogP contribution in [0.15, 0.2) is 58.6 Å². The smallest absolute Gasteiger partial charge is 0.254 e. The normalized spacial score (nSPS) is 16.9. The van der Waals surface area contributed by atoms with Crippen LogP contribution in [0.1, 0.15) is 16.7 Å². The molecule has 0 spiro atoms. The third kappa shape index (κ3) is 4.03. The molecule has 4 rings (SSSR count). The fraction of sp³-hybridized carbons (Fsp3) is 0.227. The highest BCUT2D eigenvalue weighted by Gasteiger charge is 2.29. The Morgan fingerprint density at radius 1 is 1.07 bits per heavy atom. The molecule has 27 heavy (non-hydrogen) atoms. The number of carbonyl (C=O) groups is 1.